The van der Waals surface area contributed by atoms with Gasteiger partial charge in [-0.15, -0.1) is 0 Å². The number of carbonyl (C=O) groups excluding carboxylic acids is 1. The van der Waals surface area contributed by atoms with Gasteiger partial charge in [-0.1, -0.05) is 0 Å². The average molecular weight is 312 g/mol. The number of aromatic nitrogens is 3. The molecule has 118 valence electrons. The largest absolute Gasteiger partial charge is 0.310 e. The van der Waals surface area contributed by atoms with Gasteiger partial charge in [-0.3, -0.25) is 15.1 Å². The van der Waals surface area contributed by atoms with E-state index in [0.29, 0.717) is 30.9 Å². The fourth-order valence-electron chi connectivity index (χ4n) is 2.51. The van der Waals surface area contributed by atoms with Gasteiger partial charge in [0.25, 0.3) is 0 Å². The second-order valence-electron chi connectivity index (χ2n) is 5.22. The van der Waals surface area contributed by atoms with Crippen molar-refractivity contribution >= 4 is 22.9 Å². The van der Waals surface area contributed by atoms with Crippen LogP contribution < -0.4 is 5.32 Å². The zero-order valence-corrected chi connectivity index (χ0v) is 12.8. The highest BCUT2D eigenvalue weighted by Gasteiger charge is 2.13. The molecule has 1 amide bonds. The van der Waals surface area contributed by atoms with Crippen molar-refractivity contribution in [3.63, 3.8) is 0 Å². The van der Waals surface area contributed by atoms with E-state index in [0.717, 1.165) is 11.1 Å². The summed E-state index contributed by atoms with van der Waals surface area (Å²) in [4.78, 5) is 20.4. The number of hydrogen-bond donors (Lipinski definition) is 1. The molecule has 0 unspecified atom stereocenters. The van der Waals surface area contributed by atoms with Gasteiger partial charge >= 0.3 is 0 Å². The van der Waals surface area contributed by atoms with Crippen LogP contribution in [0.5, 0.6) is 0 Å². The summed E-state index contributed by atoms with van der Waals surface area (Å²) in [7, 11) is 0. The lowest BCUT2D eigenvalue weighted by Crippen LogP contribution is -2.16. The Hall–Kier alpha value is -2.76. The highest BCUT2D eigenvalue weighted by Crippen LogP contribution is 2.20. The number of nitrogens with zero attached hydrogens (tertiary/aromatic N) is 3. The Balaban J connectivity index is 1.74. The molecule has 23 heavy (non-hydrogen) atoms. The Morgan fingerprint density at radius 1 is 1.26 bits per heavy atom. The van der Waals surface area contributed by atoms with Crippen LogP contribution in [-0.4, -0.2) is 20.4 Å². The van der Waals surface area contributed by atoms with E-state index in [2.05, 4.69) is 15.3 Å². The molecule has 0 spiro atoms. The molecule has 2 heterocycles. The molecular formula is C17H17FN4O. The molecule has 3 rings (SSSR count). The molecule has 0 aliphatic carbocycles. The number of nitrogens with one attached hydrogen (secondary N) is 1. The number of amides is 1. The van der Waals surface area contributed by atoms with E-state index < -0.39 is 0 Å². The molecule has 3 aromatic rings. The molecule has 0 saturated heterocycles. The van der Waals surface area contributed by atoms with E-state index in [1.165, 1.54) is 12.1 Å². The van der Waals surface area contributed by atoms with Gasteiger partial charge in [-0.2, -0.15) is 0 Å². The van der Waals surface area contributed by atoms with Crippen LogP contribution in [0.25, 0.3) is 11.0 Å². The maximum Gasteiger partial charge on any atom is 0.227 e. The summed E-state index contributed by atoms with van der Waals surface area (Å²) >= 11 is 0. The van der Waals surface area contributed by atoms with Crippen LogP contribution in [0.1, 0.15) is 18.9 Å². The van der Waals surface area contributed by atoms with Crippen molar-refractivity contribution in [3.8, 4) is 0 Å². The predicted molar refractivity (Wildman–Crippen MR) is 86.6 cm³/mol. The van der Waals surface area contributed by atoms with Gasteiger partial charge in [-0.25, -0.2) is 9.37 Å². The summed E-state index contributed by atoms with van der Waals surface area (Å²) < 4.78 is 15.2. The minimum absolute atomic E-state index is 0.118. The van der Waals surface area contributed by atoms with Crippen LogP contribution in [0.3, 0.4) is 0 Å². The minimum atomic E-state index is -0.339. The lowest BCUT2D eigenvalue weighted by atomic mass is 10.1. The molecule has 1 aromatic carbocycles. The number of hydrogen-bond acceptors (Lipinski definition) is 3. The smallest absolute Gasteiger partial charge is 0.227 e. The van der Waals surface area contributed by atoms with Crippen LogP contribution in [0.2, 0.25) is 0 Å². The number of benzene rings is 1. The summed E-state index contributed by atoms with van der Waals surface area (Å²) in [6, 6.07) is 8.21. The maximum atomic E-state index is 13.3. The van der Waals surface area contributed by atoms with Crippen molar-refractivity contribution in [1.29, 1.82) is 0 Å². The van der Waals surface area contributed by atoms with Crippen LogP contribution in [-0.2, 0) is 17.8 Å². The molecule has 0 aliphatic heterocycles. The Kier molecular flexibility index (Phi) is 4.32. The molecule has 0 bridgehead atoms. The molecule has 0 fully saturated rings. The van der Waals surface area contributed by atoms with Gasteiger partial charge < -0.3 is 4.57 Å². The number of anilines is 1. The van der Waals surface area contributed by atoms with Gasteiger partial charge in [0.05, 0.1) is 11.0 Å². The van der Waals surface area contributed by atoms with E-state index in [4.69, 9.17) is 0 Å². The van der Waals surface area contributed by atoms with Gasteiger partial charge in [0.15, 0.2) is 0 Å². The fraction of sp³-hybridized carbons (Fsp3) is 0.235. The number of halogens is 1. The molecule has 0 saturated carbocycles. The lowest BCUT2D eigenvalue weighted by Gasteiger charge is -2.07. The first-order valence-electron chi connectivity index (χ1n) is 7.52. The number of rotatable bonds is 5. The van der Waals surface area contributed by atoms with Gasteiger partial charge in [-0.05, 0) is 43.2 Å². The first-order valence-corrected chi connectivity index (χ1v) is 7.52. The Morgan fingerprint density at radius 3 is 2.78 bits per heavy atom. The van der Waals surface area contributed by atoms with Crippen LogP contribution in [0, 0.1) is 5.82 Å². The Bertz CT molecular complexity index is 829. The summed E-state index contributed by atoms with van der Waals surface area (Å²) in [6.45, 7) is 2.60. The van der Waals surface area contributed by atoms with Gasteiger partial charge in [0.2, 0.25) is 11.9 Å². The maximum absolute atomic E-state index is 13.3. The summed E-state index contributed by atoms with van der Waals surface area (Å²) in [5.74, 6) is -0.00562. The monoisotopic (exact) mass is 312 g/mol. The standard InChI is InChI=1S/C17H17FN4O/c1-2-22-15-5-4-13(18)11-14(15)20-17(22)21-16(23)6-3-12-7-9-19-10-8-12/h4-5,7-11H,2-3,6H2,1H3,(H,20,21,23). The highest BCUT2D eigenvalue weighted by atomic mass is 19.1. The molecule has 2 aromatic heterocycles. The number of carbonyl (C=O) groups is 1. The Morgan fingerprint density at radius 2 is 2.04 bits per heavy atom. The number of imidazole rings is 1. The van der Waals surface area contributed by atoms with Crippen molar-refractivity contribution in [2.24, 2.45) is 0 Å². The summed E-state index contributed by atoms with van der Waals surface area (Å²) in [6.07, 6.45) is 4.40. The second-order valence-corrected chi connectivity index (χ2v) is 5.22. The first-order chi connectivity index (χ1) is 11.2. The topological polar surface area (TPSA) is 59.8 Å². The second kappa shape index (κ2) is 6.56. The van der Waals surface area contributed by atoms with Crippen LogP contribution >= 0.6 is 0 Å². The minimum Gasteiger partial charge on any atom is -0.310 e. The first kappa shape index (κ1) is 15.1. The third-order valence-electron chi connectivity index (χ3n) is 3.67. The highest BCUT2D eigenvalue weighted by molar-refractivity contribution is 5.91. The normalized spacial score (nSPS) is 10.9. The lowest BCUT2D eigenvalue weighted by molar-refractivity contribution is -0.116. The van der Waals surface area contributed by atoms with E-state index in [1.54, 1.807) is 18.5 Å². The molecule has 0 radical (unpaired) electrons. The van der Waals surface area contributed by atoms with E-state index in [1.807, 2.05) is 23.6 Å². The van der Waals surface area contributed by atoms with E-state index in [9.17, 15) is 9.18 Å². The predicted octanol–water partition coefficient (Wildman–Crippen LogP) is 3.16. The van der Waals surface area contributed by atoms with Crippen LogP contribution in [0.4, 0.5) is 10.3 Å². The summed E-state index contributed by atoms with van der Waals surface area (Å²) in [5.41, 5.74) is 2.40. The third-order valence-corrected chi connectivity index (χ3v) is 3.67. The average Bonchev–Trinajstić information content (AvgIpc) is 2.89. The fourth-order valence-corrected chi connectivity index (χ4v) is 2.51. The molecule has 5 nitrogen and oxygen atoms in total. The number of fused-ring (bicyclic) bond motifs is 1. The van der Waals surface area contributed by atoms with E-state index >= 15 is 0 Å². The van der Waals surface area contributed by atoms with Crippen LogP contribution in [0.15, 0.2) is 42.7 Å². The van der Waals surface area contributed by atoms with E-state index in [-0.39, 0.29) is 11.7 Å². The SMILES string of the molecule is CCn1c(NC(=O)CCc2ccncc2)nc2cc(F)ccc21. The van der Waals surface area contributed by atoms with Crippen molar-refractivity contribution in [2.45, 2.75) is 26.3 Å². The van der Waals surface area contributed by atoms with Crippen molar-refractivity contribution < 1.29 is 9.18 Å². The van der Waals surface area contributed by atoms with Crippen molar-refractivity contribution in [2.75, 3.05) is 5.32 Å². The number of pyridine rings is 1. The Labute approximate surface area is 133 Å². The zero-order valence-electron chi connectivity index (χ0n) is 12.8. The molecule has 6 heteroatoms. The molecular weight excluding hydrogens is 295 g/mol. The molecule has 0 atom stereocenters. The molecule has 1 N–H and O–H groups in total. The number of aryl methyl sites for hydroxylation is 2. The third kappa shape index (κ3) is 3.36. The van der Waals surface area contributed by atoms with Gasteiger partial charge in [0.1, 0.15) is 5.82 Å². The quantitative estimate of drug-likeness (QED) is 0.787. The zero-order chi connectivity index (χ0) is 16.2. The summed E-state index contributed by atoms with van der Waals surface area (Å²) in [5, 5.41) is 2.82. The van der Waals surface area contributed by atoms with Crippen molar-refractivity contribution in [1.82, 2.24) is 14.5 Å². The molecule has 0 aliphatic rings. The van der Waals surface area contributed by atoms with Gasteiger partial charge in [0, 0.05) is 31.4 Å². The van der Waals surface area contributed by atoms with Crippen molar-refractivity contribution in [3.05, 3.63) is 54.1 Å².